The summed E-state index contributed by atoms with van der Waals surface area (Å²) in [6.07, 6.45) is 1.54. The highest BCUT2D eigenvalue weighted by molar-refractivity contribution is 5.99. The zero-order chi connectivity index (χ0) is 15.2. The number of carbonyl (C=O) groups excluding carboxylic acids is 2. The number of amides is 2. The van der Waals surface area contributed by atoms with Crippen LogP contribution >= 0.6 is 0 Å². The van der Waals surface area contributed by atoms with Gasteiger partial charge < -0.3 is 9.73 Å². The molecule has 1 heterocycles. The van der Waals surface area contributed by atoms with Gasteiger partial charge in [0.25, 0.3) is 5.91 Å². The highest BCUT2D eigenvalue weighted by Gasteiger charge is 2.06. The van der Waals surface area contributed by atoms with Gasteiger partial charge in [-0.25, -0.2) is 5.43 Å². The lowest BCUT2D eigenvalue weighted by atomic mass is 10.2. The van der Waals surface area contributed by atoms with E-state index in [9.17, 15) is 9.59 Å². The van der Waals surface area contributed by atoms with Gasteiger partial charge in [0.2, 0.25) is 5.91 Å². The molecule has 0 aliphatic rings. The second-order valence-electron chi connectivity index (χ2n) is 4.37. The summed E-state index contributed by atoms with van der Waals surface area (Å²) in [5.74, 6) is 0.0949. The van der Waals surface area contributed by atoms with Crippen LogP contribution in [0, 0.1) is 0 Å². The molecule has 0 spiro atoms. The Labute approximate surface area is 121 Å². The summed E-state index contributed by atoms with van der Waals surface area (Å²) in [4.78, 5) is 22.8. The van der Waals surface area contributed by atoms with Crippen LogP contribution in [0.2, 0.25) is 0 Å². The van der Waals surface area contributed by atoms with Crippen molar-refractivity contribution in [1.29, 1.82) is 0 Å². The van der Waals surface area contributed by atoms with Crippen molar-refractivity contribution in [1.82, 2.24) is 5.43 Å². The lowest BCUT2D eigenvalue weighted by Crippen LogP contribution is -2.19. The minimum absolute atomic E-state index is 0.161. The highest BCUT2D eigenvalue weighted by Crippen LogP contribution is 2.09. The van der Waals surface area contributed by atoms with Crippen LogP contribution in [0.1, 0.15) is 30.0 Å². The molecule has 2 amide bonds. The molecule has 108 valence electrons. The SMILES string of the molecule is CC(=O)Nc1ccc(C(=O)N/N=C(\C)c2ccco2)cc1. The normalized spacial score (nSPS) is 11.0. The molecule has 0 bridgehead atoms. The zero-order valence-electron chi connectivity index (χ0n) is 11.7. The summed E-state index contributed by atoms with van der Waals surface area (Å²) in [6, 6.07) is 10.0. The molecule has 6 heteroatoms. The van der Waals surface area contributed by atoms with E-state index < -0.39 is 0 Å². The largest absolute Gasteiger partial charge is 0.463 e. The molecule has 1 aromatic heterocycles. The van der Waals surface area contributed by atoms with Crippen LogP contribution in [-0.4, -0.2) is 17.5 Å². The first-order chi connectivity index (χ1) is 10.1. The number of hydrogen-bond acceptors (Lipinski definition) is 4. The third-order valence-electron chi connectivity index (χ3n) is 2.67. The second kappa shape index (κ2) is 6.51. The third kappa shape index (κ3) is 4.04. The predicted molar refractivity (Wildman–Crippen MR) is 79.1 cm³/mol. The molecule has 0 atom stereocenters. The maximum atomic E-state index is 11.9. The number of nitrogens with zero attached hydrogens (tertiary/aromatic N) is 1. The molecule has 0 saturated heterocycles. The standard InChI is InChI=1S/C15H15N3O3/c1-10(14-4-3-9-21-14)17-18-15(20)12-5-7-13(8-6-12)16-11(2)19/h3-9H,1-2H3,(H,16,19)(H,18,20)/b17-10+. The quantitative estimate of drug-likeness (QED) is 0.668. The first-order valence-corrected chi connectivity index (χ1v) is 6.32. The summed E-state index contributed by atoms with van der Waals surface area (Å²) in [5, 5.41) is 6.60. The Morgan fingerprint density at radius 2 is 1.81 bits per heavy atom. The van der Waals surface area contributed by atoms with Crippen molar-refractivity contribution in [2.75, 3.05) is 5.32 Å². The van der Waals surface area contributed by atoms with Crippen molar-refractivity contribution in [2.24, 2.45) is 5.10 Å². The number of hydrogen-bond donors (Lipinski definition) is 2. The molecule has 6 nitrogen and oxygen atoms in total. The van der Waals surface area contributed by atoms with E-state index in [0.717, 1.165) is 0 Å². The Kier molecular flexibility index (Phi) is 4.50. The van der Waals surface area contributed by atoms with Crippen LogP contribution in [0.3, 0.4) is 0 Å². The van der Waals surface area contributed by atoms with Crippen molar-refractivity contribution >= 4 is 23.2 Å². The van der Waals surface area contributed by atoms with E-state index in [2.05, 4.69) is 15.8 Å². The number of anilines is 1. The van der Waals surface area contributed by atoms with Gasteiger partial charge in [-0.3, -0.25) is 9.59 Å². The van der Waals surface area contributed by atoms with Gasteiger partial charge in [-0.2, -0.15) is 5.10 Å². The summed E-state index contributed by atoms with van der Waals surface area (Å²) in [7, 11) is 0. The molecular weight excluding hydrogens is 270 g/mol. The fourth-order valence-electron chi connectivity index (χ4n) is 1.65. The molecule has 1 aromatic carbocycles. The molecule has 0 radical (unpaired) electrons. The number of carbonyl (C=O) groups is 2. The number of furan rings is 1. The molecule has 2 aromatic rings. The van der Waals surface area contributed by atoms with Gasteiger partial charge in [-0.05, 0) is 43.3 Å². The van der Waals surface area contributed by atoms with Crippen molar-refractivity contribution < 1.29 is 14.0 Å². The molecular formula is C15H15N3O3. The van der Waals surface area contributed by atoms with Crippen LogP contribution in [-0.2, 0) is 4.79 Å². The van der Waals surface area contributed by atoms with Gasteiger partial charge in [0.15, 0.2) is 0 Å². The van der Waals surface area contributed by atoms with Crippen LogP contribution in [0.15, 0.2) is 52.2 Å². The van der Waals surface area contributed by atoms with E-state index in [0.29, 0.717) is 22.7 Å². The Morgan fingerprint density at radius 1 is 1.10 bits per heavy atom. The lowest BCUT2D eigenvalue weighted by Gasteiger charge is -2.04. The molecule has 0 unspecified atom stereocenters. The van der Waals surface area contributed by atoms with Crippen LogP contribution in [0.4, 0.5) is 5.69 Å². The topological polar surface area (TPSA) is 83.7 Å². The highest BCUT2D eigenvalue weighted by atomic mass is 16.3. The van der Waals surface area contributed by atoms with Crippen molar-refractivity contribution in [3.8, 4) is 0 Å². The lowest BCUT2D eigenvalue weighted by molar-refractivity contribution is -0.114. The molecule has 2 N–H and O–H groups in total. The number of hydrazone groups is 1. The molecule has 2 rings (SSSR count). The number of rotatable bonds is 4. The predicted octanol–water partition coefficient (Wildman–Crippen LogP) is 2.39. The van der Waals surface area contributed by atoms with Gasteiger partial charge in [0.05, 0.1) is 6.26 Å². The van der Waals surface area contributed by atoms with E-state index >= 15 is 0 Å². The van der Waals surface area contributed by atoms with Crippen LogP contribution in [0.5, 0.6) is 0 Å². The van der Waals surface area contributed by atoms with Gasteiger partial charge >= 0.3 is 0 Å². The van der Waals surface area contributed by atoms with Gasteiger partial charge in [0, 0.05) is 18.2 Å². The molecule has 0 saturated carbocycles. The number of nitrogens with one attached hydrogen (secondary N) is 2. The van der Waals surface area contributed by atoms with E-state index in [1.165, 1.54) is 13.2 Å². The van der Waals surface area contributed by atoms with Crippen molar-refractivity contribution in [3.63, 3.8) is 0 Å². The Hall–Kier alpha value is -2.89. The Morgan fingerprint density at radius 3 is 2.38 bits per heavy atom. The molecule has 0 aliphatic carbocycles. The number of benzene rings is 1. The summed E-state index contributed by atoms with van der Waals surface area (Å²) in [5.41, 5.74) is 4.10. The minimum atomic E-state index is -0.338. The van der Waals surface area contributed by atoms with Crippen LogP contribution < -0.4 is 10.7 Å². The van der Waals surface area contributed by atoms with Crippen molar-refractivity contribution in [3.05, 3.63) is 54.0 Å². The Bertz CT molecular complexity index is 658. The first kappa shape index (κ1) is 14.5. The van der Waals surface area contributed by atoms with Gasteiger partial charge in [0.1, 0.15) is 11.5 Å². The summed E-state index contributed by atoms with van der Waals surface area (Å²) >= 11 is 0. The summed E-state index contributed by atoms with van der Waals surface area (Å²) < 4.78 is 5.16. The van der Waals surface area contributed by atoms with E-state index in [-0.39, 0.29) is 11.8 Å². The summed E-state index contributed by atoms with van der Waals surface area (Å²) in [6.45, 7) is 3.16. The molecule has 0 fully saturated rings. The maximum Gasteiger partial charge on any atom is 0.271 e. The smallest absolute Gasteiger partial charge is 0.271 e. The van der Waals surface area contributed by atoms with Crippen molar-refractivity contribution in [2.45, 2.75) is 13.8 Å². The van der Waals surface area contributed by atoms with Gasteiger partial charge in [-0.15, -0.1) is 0 Å². The second-order valence-corrected chi connectivity index (χ2v) is 4.37. The average molecular weight is 285 g/mol. The monoisotopic (exact) mass is 285 g/mol. The Balaban J connectivity index is 2.00. The zero-order valence-corrected chi connectivity index (χ0v) is 11.7. The fourth-order valence-corrected chi connectivity index (χ4v) is 1.65. The van der Waals surface area contributed by atoms with E-state index in [1.54, 1.807) is 43.3 Å². The fraction of sp³-hybridized carbons (Fsp3) is 0.133. The van der Waals surface area contributed by atoms with E-state index in [4.69, 9.17) is 4.42 Å². The van der Waals surface area contributed by atoms with Crippen LogP contribution in [0.25, 0.3) is 0 Å². The molecule has 0 aliphatic heterocycles. The first-order valence-electron chi connectivity index (χ1n) is 6.32. The van der Waals surface area contributed by atoms with Gasteiger partial charge in [-0.1, -0.05) is 0 Å². The maximum absolute atomic E-state index is 11.9. The molecule has 21 heavy (non-hydrogen) atoms. The average Bonchev–Trinajstić information content (AvgIpc) is 2.99. The van der Waals surface area contributed by atoms with E-state index in [1.807, 2.05) is 0 Å². The third-order valence-corrected chi connectivity index (χ3v) is 2.67. The minimum Gasteiger partial charge on any atom is -0.463 e.